The molecule has 1 aromatic rings. The minimum absolute atomic E-state index is 0.0560. The lowest BCUT2D eigenvalue weighted by atomic mass is 10.2. The van der Waals surface area contributed by atoms with Gasteiger partial charge in [-0.05, 0) is 25.0 Å². The van der Waals surface area contributed by atoms with Crippen LogP contribution in [0, 0.1) is 10.1 Å². The normalized spacial score (nSPS) is 22.9. The van der Waals surface area contributed by atoms with Crippen molar-refractivity contribution in [3.8, 4) is 5.75 Å². The van der Waals surface area contributed by atoms with Gasteiger partial charge in [0.25, 0.3) is 0 Å². The summed E-state index contributed by atoms with van der Waals surface area (Å²) in [6.45, 7) is 0.987. The van der Waals surface area contributed by atoms with Crippen LogP contribution < -0.4 is 10.1 Å². The monoisotopic (exact) mass is 308 g/mol. The number of hydrogen-bond donors (Lipinski definition) is 1. The second-order valence-corrected chi connectivity index (χ2v) is 5.66. The Morgan fingerprint density at radius 3 is 2.91 bits per heavy atom. The molecule has 120 valence electrons. The van der Waals surface area contributed by atoms with Gasteiger partial charge in [0.15, 0.2) is 11.5 Å². The molecule has 0 amide bonds. The van der Waals surface area contributed by atoms with E-state index in [-0.39, 0.29) is 17.5 Å². The fourth-order valence-electron chi connectivity index (χ4n) is 3.13. The molecule has 1 spiro atoms. The minimum Gasteiger partial charge on any atom is -0.490 e. The summed E-state index contributed by atoms with van der Waals surface area (Å²) in [5.74, 6) is -0.169. The summed E-state index contributed by atoms with van der Waals surface area (Å²) in [6, 6.07) is 4.96. The van der Waals surface area contributed by atoms with E-state index in [1.165, 1.54) is 7.11 Å². The zero-order valence-electron chi connectivity index (χ0n) is 12.5. The van der Waals surface area contributed by atoms with Crippen LogP contribution in [0.4, 0.5) is 11.4 Å². The molecule has 1 atom stereocenters. The second-order valence-electron chi connectivity index (χ2n) is 5.66. The number of para-hydroxylation sites is 1. The highest BCUT2D eigenvalue weighted by Crippen LogP contribution is 2.39. The molecule has 3 rings (SSSR count). The number of nitrogens with zero attached hydrogens (tertiary/aromatic N) is 1. The van der Waals surface area contributed by atoms with Crippen molar-refractivity contribution in [3.05, 3.63) is 28.3 Å². The fourth-order valence-corrected chi connectivity index (χ4v) is 3.13. The quantitative estimate of drug-likeness (QED) is 0.665. The SMILES string of the molecule is COc1cccc(NCC2COC3(CCCC3)O2)c1[N+](=O)[O-]. The van der Waals surface area contributed by atoms with E-state index in [0.29, 0.717) is 18.8 Å². The molecule has 1 heterocycles. The molecule has 1 saturated heterocycles. The molecule has 1 aliphatic carbocycles. The minimum atomic E-state index is -0.439. The summed E-state index contributed by atoms with van der Waals surface area (Å²) < 4.78 is 16.9. The molecular weight excluding hydrogens is 288 g/mol. The fraction of sp³-hybridized carbons (Fsp3) is 0.600. The molecule has 2 fully saturated rings. The second kappa shape index (κ2) is 6.10. The molecule has 0 aromatic heterocycles. The van der Waals surface area contributed by atoms with Crippen molar-refractivity contribution in [2.24, 2.45) is 0 Å². The lowest BCUT2D eigenvalue weighted by molar-refractivity contribution is -0.384. The Labute approximate surface area is 128 Å². The van der Waals surface area contributed by atoms with E-state index in [2.05, 4.69) is 5.32 Å². The Morgan fingerprint density at radius 1 is 1.45 bits per heavy atom. The van der Waals surface area contributed by atoms with Gasteiger partial charge in [-0.15, -0.1) is 0 Å². The van der Waals surface area contributed by atoms with Crippen LogP contribution in [0.25, 0.3) is 0 Å². The topological polar surface area (TPSA) is 82.9 Å². The van der Waals surface area contributed by atoms with Crippen LogP contribution >= 0.6 is 0 Å². The maximum Gasteiger partial charge on any atom is 0.333 e. The number of nitro benzene ring substituents is 1. The maximum atomic E-state index is 11.2. The predicted octanol–water partition coefficient (Wildman–Crippen LogP) is 2.70. The van der Waals surface area contributed by atoms with Gasteiger partial charge in [-0.25, -0.2) is 0 Å². The first-order valence-electron chi connectivity index (χ1n) is 7.50. The third kappa shape index (κ3) is 2.86. The molecule has 7 nitrogen and oxygen atoms in total. The van der Waals surface area contributed by atoms with E-state index in [1.54, 1.807) is 18.2 Å². The molecule has 2 aliphatic rings. The van der Waals surface area contributed by atoms with Crippen LogP contribution in [0.2, 0.25) is 0 Å². The molecule has 1 N–H and O–H groups in total. The third-order valence-electron chi connectivity index (χ3n) is 4.20. The number of nitrogens with one attached hydrogen (secondary N) is 1. The van der Waals surface area contributed by atoms with Crippen LogP contribution in [0.5, 0.6) is 5.75 Å². The highest BCUT2D eigenvalue weighted by atomic mass is 16.7. The van der Waals surface area contributed by atoms with E-state index >= 15 is 0 Å². The summed E-state index contributed by atoms with van der Waals surface area (Å²) in [6.07, 6.45) is 4.03. The first kappa shape index (κ1) is 15.1. The number of methoxy groups -OCH3 is 1. The van der Waals surface area contributed by atoms with Crippen LogP contribution in [-0.4, -0.2) is 37.1 Å². The highest BCUT2D eigenvalue weighted by Gasteiger charge is 2.43. The zero-order valence-corrected chi connectivity index (χ0v) is 12.5. The molecular formula is C15H20N2O5. The largest absolute Gasteiger partial charge is 0.490 e. The Balaban J connectivity index is 1.66. The van der Waals surface area contributed by atoms with Crippen molar-refractivity contribution in [2.45, 2.75) is 37.6 Å². The first-order chi connectivity index (χ1) is 10.6. The lowest BCUT2D eigenvalue weighted by Crippen LogP contribution is -2.29. The average Bonchev–Trinajstić information content (AvgIpc) is 3.14. The average molecular weight is 308 g/mol. The van der Waals surface area contributed by atoms with E-state index in [4.69, 9.17) is 14.2 Å². The van der Waals surface area contributed by atoms with Gasteiger partial charge in [0.1, 0.15) is 11.8 Å². The predicted molar refractivity (Wildman–Crippen MR) is 80.2 cm³/mol. The molecule has 1 saturated carbocycles. The van der Waals surface area contributed by atoms with Gasteiger partial charge in [0.05, 0.1) is 18.6 Å². The number of nitro groups is 1. The first-order valence-corrected chi connectivity index (χ1v) is 7.50. The highest BCUT2D eigenvalue weighted by molar-refractivity contribution is 5.68. The number of hydrogen-bond acceptors (Lipinski definition) is 6. The Hall–Kier alpha value is -1.86. The van der Waals surface area contributed by atoms with Crippen LogP contribution in [0.1, 0.15) is 25.7 Å². The van der Waals surface area contributed by atoms with E-state index < -0.39 is 10.7 Å². The van der Waals surface area contributed by atoms with Crippen molar-refractivity contribution < 1.29 is 19.1 Å². The number of benzene rings is 1. The van der Waals surface area contributed by atoms with Crippen molar-refractivity contribution in [1.82, 2.24) is 0 Å². The Morgan fingerprint density at radius 2 is 2.23 bits per heavy atom. The van der Waals surface area contributed by atoms with Crippen molar-refractivity contribution >= 4 is 11.4 Å². The van der Waals surface area contributed by atoms with Crippen LogP contribution in [-0.2, 0) is 9.47 Å². The molecule has 1 aliphatic heterocycles. The lowest BCUT2D eigenvalue weighted by Gasteiger charge is -2.22. The molecule has 0 radical (unpaired) electrons. The zero-order chi connectivity index (χ0) is 15.6. The molecule has 0 bridgehead atoms. The molecule has 7 heteroatoms. The number of rotatable bonds is 5. The van der Waals surface area contributed by atoms with Gasteiger partial charge in [-0.1, -0.05) is 6.07 Å². The summed E-state index contributed by atoms with van der Waals surface area (Å²) in [5, 5.41) is 14.3. The van der Waals surface area contributed by atoms with Crippen LogP contribution in [0.15, 0.2) is 18.2 Å². The van der Waals surface area contributed by atoms with Gasteiger partial charge in [0.2, 0.25) is 0 Å². The van der Waals surface area contributed by atoms with Crippen LogP contribution in [0.3, 0.4) is 0 Å². The summed E-state index contributed by atoms with van der Waals surface area (Å²) in [4.78, 5) is 10.8. The molecule has 22 heavy (non-hydrogen) atoms. The summed E-state index contributed by atoms with van der Waals surface area (Å²) in [7, 11) is 1.42. The van der Waals surface area contributed by atoms with E-state index in [1.807, 2.05) is 0 Å². The van der Waals surface area contributed by atoms with Gasteiger partial charge < -0.3 is 19.5 Å². The standard InChI is InChI=1S/C15H20N2O5/c1-20-13-6-4-5-12(14(13)17(18)19)16-9-11-10-21-15(22-11)7-2-3-8-15/h4-6,11,16H,2-3,7-10H2,1H3. The van der Waals surface area contributed by atoms with Crippen molar-refractivity contribution in [3.63, 3.8) is 0 Å². The Bertz CT molecular complexity index is 557. The van der Waals surface area contributed by atoms with Gasteiger partial charge >= 0.3 is 5.69 Å². The van der Waals surface area contributed by atoms with Crippen molar-refractivity contribution in [2.75, 3.05) is 25.6 Å². The Kier molecular flexibility index (Phi) is 4.17. The van der Waals surface area contributed by atoms with E-state index in [0.717, 1.165) is 25.7 Å². The van der Waals surface area contributed by atoms with Crippen molar-refractivity contribution in [1.29, 1.82) is 0 Å². The maximum absolute atomic E-state index is 11.2. The smallest absolute Gasteiger partial charge is 0.333 e. The van der Waals surface area contributed by atoms with Gasteiger partial charge in [-0.2, -0.15) is 0 Å². The van der Waals surface area contributed by atoms with Gasteiger partial charge in [-0.3, -0.25) is 10.1 Å². The molecule has 1 unspecified atom stereocenters. The number of ether oxygens (including phenoxy) is 3. The summed E-state index contributed by atoms with van der Waals surface area (Å²) in [5.41, 5.74) is 0.375. The summed E-state index contributed by atoms with van der Waals surface area (Å²) >= 11 is 0. The third-order valence-corrected chi connectivity index (χ3v) is 4.20. The molecule has 1 aromatic carbocycles. The van der Waals surface area contributed by atoms with E-state index in [9.17, 15) is 10.1 Å². The van der Waals surface area contributed by atoms with Gasteiger partial charge in [0, 0.05) is 19.4 Å². The number of anilines is 1.